The molecule has 3 rings (SSSR count). The first-order valence-corrected chi connectivity index (χ1v) is 7.99. The summed E-state index contributed by atoms with van der Waals surface area (Å²) in [6.45, 7) is 0. The maximum absolute atomic E-state index is 11.3. The number of benzene rings is 2. The molecular formula is C18H11BrN2O4. The summed E-state index contributed by atoms with van der Waals surface area (Å²) in [4.78, 5) is 25.6. The van der Waals surface area contributed by atoms with Crippen LogP contribution >= 0.6 is 15.9 Å². The van der Waals surface area contributed by atoms with Crippen LogP contribution in [0.25, 0.3) is 22.4 Å². The molecule has 0 atom stereocenters. The Balaban J connectivity index is 2.01. The SMILES string of the molecule is O=C(O)c1cnc(-c2ccc(-c3ccc(Br)cc3)cc2)c([N+](=O)[O-])c1. The highest BCUT2D eigenvalue weighted by Gasteiger charge is 2.20. The van der Waals surface area contributed by atoms with Crippen LogP contribution in [0.4, 0.5) is 5.69 Å². The number of nitrogens with zero attached hydrogens (tertiary/aromatic N) is 2. The molecule has 3 aromatic rings. The van der Waals surface area contributed by atoms with Gasteiger partial charge in [-0.15, -0.1) is 0 Å². The van der Waals surface area contributed by atoms with Crippen LogP contribution in [-0.2, 0) is 0 Å². The van der Waals surface area contributed by atoms with Gasteiger partial charge in [-0.3, -0.25) is 10.1 Å². The number of halogens is 1. The number of carbonyl (C=O) groups is 1. The van der Waals surface area contributed by atoms with Gasteiger partial charge in [-0.25, -0.2) is 9.78 Å². The summed E-state index contributed by atoms with van der Waals surface area (Å²) in [6, 6.07) is 15.9. The van der Waals surface area contributed by atoms with Crippen LogP contribution in [0, 0.1) is 10.1 Å². The first-order valence-electron chi connectivity index (χ1n) is 7.20. The molecular weight excluding hydrogens is 388 g/mol. The average molecular weight is 399 g/mol. The fourth-order valence-corrected chi connectivity index (χ4v) is 2.66. The van der Waals surface area contributed by atoms with E-state index in [1.54, 1.807) is 12.1 Å². The molecule has 25 heavy (non-hydrogen) atoms. The number of carboxylic acid groups (broad SMARTS) is 1. The monoisotopic (exact) mass is 398 g/mol. The molecule has 0 unspecified atom stereocenters. The minimum Gasteiger partial charge on any atom is -0.478 e. The first kappa shape index (κ1) is 16.8. The van der Waals surface area contributed by atoms with Crippen LogP contribution in [0.3, 0.4) is 0 Å². The van der Waals surface area contributed by atoms with E-state index >= 15 is 0 Å². The van der Waals surface area contributed by atoms with Crippen LogP contribution in [0.1, 0.15) is 10.4 Å². The molecule has 0 amide bonds. The number of carboxylic acids is 1. The van der Waals surface area contributed by atoms with Crippen LogP contribution in [0.5, 0.6) is 0 Å². The van der Waals surface area contributed by atoms with Gasteiger partial charge in [-0.05, 0) is 23.3 Å². The Morgan fingerprint density at radius 1 is 1.00 bits per heavy atom. The number of nitro groups is 1. The summed E-state index contributed by atoms with van der Waals surface area (Å²) < 4.78 is 0.978. The van der Waals surface area contributed by atoms with Crippen LogP contribution in [0.15, 0.2) is 65.3 Å². The third-order valence-electron chi connectivity index (χ3n) is 3.65. The fourth-order valence-electron chi connectivity index (χ4n) is 2.39. The maximum Gasteiger partial charge on any atom is 0.337 e. The minimum absolute atomic E-state index is 0.136. The summed E-state index contributed by atoms with van der Waals surface area (Å²) in [7, 11) is 0. The van der Waals surface area contributed by atoms with Crippen LogP contribution in [-0.4, -0.2) is 21.0 Å². The highest BCUT2D eigenvalue weighted by molar-refractivity contribution is 9.10. The highest BCUT2D eigenvalue weighted by Crippen LogP contribution is 2.30. The minimum atomic E-state index is -1.26. The Morgan fingerprint density at radius 2 is 1.52 bits per heavy atom. The van der Waals surface area contributed by atoms with Crippen molar-refractivity contribution in [2.24, 2.45) is 0 Å². The van der Waals surface area contributed by atoms with Gasteiger partial charge >= 0.3 is 5.97 Å². The largest absolute Gasteiger partial charge is 0.478 e. The molecule has 1 heterocycles. The van der Waals surface area contributed by atoms with Crippen molar-refractivity contribution >= 4 is 27.6 Å². The zero-order chi connectivity index (χ0) is 18.0. The van der Waals surface area contributed by atoms with E-state index in [1.165, 1.54) is 0 Å². The molecule has 0 spiro atoms. The Labute approximate surface area is 151 Å². The Hall–Kier alpha value is -3.06. The molecule has 1 N–H and O–H groups in total. The van der Waals surface area contributed by atoms with Crippen molar-refractivity contribution in [2.75, 3.05) is 0 Å². The molecule has 0 bridgehead atoms. The lowest BCUT2D eigenvalue weighted by atomic mass is 10.0. The number of hydrogen-bond acceptors (Lipinski definition) is 4. The number of aromatic nitrogens is 1. The molecule has 0 radical (unpaired) electrons. The lowest BCUT2D eigenvalue weighted by Gasteiger charge is -2.06. The number of aromatic carboxylic acids is 1. The summed E-state index contributed by atoms with van der Waals surface area (Å²) in [5, 5.41) is 20.2. The summed E-state index contributed by atoms with van der Waals surface area (Å²) in [5.41, 5.74) is 2.10. The van der Waals surface area contributed by atoms with Gasteiger partial charge in [-0.1, -0.05) is 52.3 Å². The second-order valence-electron chi connectivity index (χ2n) is 5.24. The van der Waals surface area contributed by atoms with E-state index in [9.17, 15) is 14.9 Å². The lowest BCUT2D eigenvalue weighted by Crippen LogP contribution is -2.02. The van der Waals surface area contributed by atoms with Crippen molar-refractivity contribution in [2.45, 2.75) is 0 Å². The van der Waals surface area contributed by atoms with Crippen LogP contribution < -0.4 is 0 Å². The molecule has 7 heteroatoms. The summed E-state index contributed by atoms with van der Waals surface area (Å²) in [5.74, 6) is -1.26. The molecule has 1 aromatic heterocycles. The van der Waals surface area contributed by atoms with Gasteiger partial charge < -0.3 is 5.11 Å². The van der Waals surface area contributed by atoms with Gasteiger partial charge in [0.25, 0.3) is 5.69 Å². The van der Waals surface area contributed by atoms with Gasteiger partial charge in [0.1, 0.15) is 5.69 Å². The standard InChI is InChI=1S/C18H11BrN2O4/c19-15-7-5-12(6-8-15)11-1-3-13(4-2-11)17-16(21(24)25)9-14(10-20-17)18(22)23/h1-10H,(H,22,23). The second-order valence-corrected chi connectivity index (χ2v) is 6.15. The van der Waals surface area contributed by atoms with Crippen molar-refractivity contribution in [1.82, 2.24) is 4.98 Å². The van der Waals surface area contributed by atoms with Gasteiger partial charge in [0.2, 0.25) is 0 Å². The van der Waals surface area contributed by atoms with E-state index in [0.717, 1.165) is 27.9 Å². The van der Waals surface area contributed by atoms with Crippen molar-refractivity contribution < 1.29 is 14.8 Å². The van der Waals surface area contributed by atoms with Gasteiger partial charge in [0.15, 0.2) is 0 Å². The lowest BCUT2D eigenvalue weighted by molar-refractivity contribution is -0.384. The fraction of sp³-hybridized carbons (Fsp3) is 0. The summed E-state index contributed by atoms with van der Waals surface area (Å²) in [6.07, 6.45) is 1.12. The predicted molar refractivity (Wildman–Crippen MR) is 96.4 cm³/mol. The zero-order valence-electron chi connectivity index (χ0n) is 12.7. The van der Waals surface area contributed by atoms with Crippen molar-refractivity contribution in [3.63, 3.8) is 0 Å². The number of hydrogen-bond donors (Lipinski definition) is 1. The van der Waals surface area contributed by atoms with Crippen molar-refractivity contribution in [3.05, 3.63) is 80.9 Å². The van der Waals surface area contributed by atoms with E-state index < -0.39 is 10.9 Å². The third kappa shape index (κ3) is 3.56. The quantitative estimate of drug-likeness (QED) is 0.503. The molecule has 2 aromatic carbocycles. The molecule has 124 valence electrons. The van der Waals surface area contributed by atoms with Gasteiger partial charge in [0.05, 0.1) is 10.5 Å². The highest BCUT2D eigenvalue weighted by atomic mass is 79.9. The van der Waals surface area contributed by atoms with Crippen molar-refractivity contribution in [1.29, 1.82) is 0 Å². The Morgan fingerprint density at radius 3 is 2.04 bits per heavy atom. The topological polar surface area (TPSA) is 93.3 Å². The van der Waals surface area contributed by atoms with Gasteiger partial charge in [-0.2, -0.15) is 0 Å². The molecule has 0 aliphatic rings. The first-order chi connectivity index (χ1) is 12.0. The van der Waals surface area contributed by atoms with Crippen molar-refractivity contribution in [3.8, 4) is 22.4 Å². The maximum atomic E-state index is 11.3. The van der Waals surface area contributed by atoms with E-state index in [2.05, 4.69) is 20.9 Å². The van der Waals surface area contributed by atoms with E-state index in [0.29, 0.717) is 5.56 Å². The van der Waals surface area contributed by atoms with E-state index in [4.69, 9.17) is 5.11 Å². The smallest absolute Gasteiger partial charge is 0.337 e. The van der Waals surface area contributed by atoms with Crippen LogP contribution in [0.2, 0.25) is 0 Å². The zero-order valence-corrected chi connectivity index (χ0v) is 14.3. The molecule has 0 saturated carbocycles. The van der Waals surface area contributed by atoms with E-state index in [-0.39, 0.29) is 16.9 Å². The molecule has 6 nitrogen and oxygen atoms in total. The number of rotatable bonds is 4. The second kappa shape index (κ2) is 6.82. The van der Waals surface area contributed by atoms with E-state index in [1.807, 2.05) is 36.4 Å². The average Bonchev–Trinajstić information content (AvgIpc) is 2.62. The van der Waals surface area contributed by atoms with Gasteiger partial charge in [0, 0.05) is 22.3 Å². The molecule has 0 aliphatic carbocycles. The molecule has 0 saturated heterocycles. The predicted octanol–water partition coefficient (Wildman–Crippen LogP) is 4.78. The molecule has 0 aliphatic heterocycles. The Bertz CT molecular complexity index is 954. The normalized spacial score (nSPS) is 10.4. The number of pyridine rings is 1. The Kier molecular flexibility index (Phi) is 4.58. The third-order valence-corrected chi connectivity index (χ3v) is 4.18. The molecule has 0 fully saturated rings. The summed E-state index contributed by atoms with van der Waals surface area (Å²) >= 11 is 3.38.